The normalized spacial score (nSPS) is 13.0. The second-order valence-electron chi connectivity index (χ2n) is 8.74. The molecule has 1 aromatic heterocycles. The minimum atomic E-state index is -3.04. The summed E-state index contributed by atoms with van der Waals surface area (Å²) in [5, 5.41) is 8.12. The van der Waals surface area contributed by atoms with Crippen molar-refractivity contribution in [1.82, 2.24) is 9.88 Å². The number of rotatable bonds is 10. The molecule has 0 bridgehead atoms. The highest BCUT2D eigenvalue weighted by molar-refractivity contribution is 6.31. The molecule has 0 unspecified atom stereocenters. The lowest BCUT2D eigenvalue weighted by molar-refractivity contribution is 0.0627. The van der Waals surface area contributed by atoms with Crippen LogP contribution in [0, 0.1) is 24.7 Å². The molecule has 0 radical (unpaired) electrons. The lowest BCUT2D eigenvalue weighted by Gasteiger charge is -2.36. The third-order valence-corrected chi connectivity index (χ3v) is 5.78. The second-order valence-corrected chi connectivity index (χ2v) is 9.10. The number of hydrogen-bond donors (Lipinski definition) is 1. The number of halogens is 3. The van der Waals surface area contributed by atoms with Crippen LogP contribution in [0.15, 0.2) is 36.1 Å². The molecule has 0 amide bonds. The van der Waals surface area contributed by atoms with Crippen molar-refractivity contribution >= 4 is 23.4 Å². The predicted octanol–water partition coefficient (Wildman–Crippen LogP) is 7.24. The van der Waals surface area contributed by atoms with E-state index in [0.717, 1.165) is 42.0 Å². The van der Waals surface area contributed by atoms with Gasteiger partial charge in [0.2, 0.25) is 0 Å². The molecule has 3 nitrogen and oxygen atoms in total. The average Bonchev–Trinajstić information content (AvgIpc) is 2.59. The molecule has 0 aliphatic carbocycles. The van der Waals surface area contributed by atoms with Gasteiger partial charge in [-0.15, -0.1) is 0 Å². The summed E-state index contributed by atoms with van der Waals surface area (Å²) in [5.74, 6) is -3.04. The van der Waals surface area contributed by atoms with Crippen molar-refractivity contribution in [2.75, 3.05) is 13.1 Å². The lowest BCUT2D eigenvalue weighted by Crippen LogP contribution is -2.35. The van der Waals surface area contributed by atoms with Crippen LogP contribution in [0.3, 0.4) is 0 Å². The Balaban J connectivity index is 3.43. The van der Waals surface area contributed by atoms with Gasteiger partial charge < -0.3 is 10.3 Å². The number of nitrogens with one attached hydrogen (secondary N) is 1. The van der Waals surface area contributed by atoms with Crippen LogP contribution in [-0.2, 0) is 0 Å². The fourth-order valence-electron chi connectivity index (χ4n) is 3.22. The molecule has 6 heteroatoms. The van der Waals surface area contributed by atoms with Crippen molar-refractivity contribution in [2.45, 2.75) is 60.8 Å². The molecular formula is C24H34ClF2N3. The molecule has 0 atom stereocenters. The summed E-state index contributed by atoms with van der Waals surface area (Å²) in [6.45, 7) is 21.5. The number of pyridine rings is 1. The minimum Gasteiger partial charge on any atom is -0.367 e. The van der Waals surface area contributed by atoms with Crippen molar-refractivity contribution in [3.05, 3.63) is 58.0 Å². The molecule has 0 aliphatic heterocycles. The van der Waals surface area contributed by atoms with Crippen molar-refractivity contribution in [3.63, 3.8) is 0 Å². The monoisotopic (exact) mass is 437 g/mol. The second kappa shape index (κ2) is 9.86. The van der Waals surface area contributed by atoms with Crippen molar-refractivity contribution < 1.29 is 8.78 Å². The highest BCUT2D eigenvalue weighted by Gasteiger charge is 2.30. The molecule has 166 valence electrons. The summed E-state index contributed by atoms with van der Waals surface area (Å²) >= 11 is 6.40. The maximum atomic E-state index is 14.0. The summed E-state index contributed by atoms with van der Waals surface area (Å²) in [4.78, 5) is 6.24. The molecule has 0 saturated heterocycles. The summed E-state index contributed by atoms with van der Waals surface area (Å²) in [5.41, 5.74) is 3.49. The van der Waals surface area contributed by atoms with E-state index in [2.05, 4.69) is 38.9 Å². The molecule has 1 rings (SSSR count). The molecular weight excluding hydrogens is 404 g/mol. The molecule has 1 heterocycles. The van der Waals surface area contributed by atoms with Crippen molar-refractivity contribution in [3.8, 4) is 0 Å². The Morgan fingerprint density at radius 2 is 1.83 bits per heavy atom. The number of aryl methyl sites for hydroxylation is 2. The van der Waals surface area contributed by atoms with Gasteiger partial charge in [-0.3, -0.25) is 0 Å². The van der Waals surface area contributed by atoms with E-state index in [9.17, 15) is 8.78 Å². The number of allylic oxidation sites excluding steroid dienone is 2. The van der Waals surface area contributed by atoms with Gasteiger partial charge >= 0.3 is 0 Å². The van der Waals surface area contributed by atoms with Gasteiger partial charge in [0, 0.05) is 54.3 Å². The van der Waals surface area contributed by atoms with E-state index in [0.29, 0.717) is 23.9 Å². The van der Waals surface area contributed by atoms with E-state index in [4.69, 9.17) is 17.0 Å². The van der Waals surface area contributed by atoms with E-state index in [1.165, 1.54) is 6.92 Å². The summed E-state index contributed by atoms with van der Waals surface area (Å²) in [6.07, 6.45) is 1.84. The zero-order valence-corrected chi connectivity index (χ0v) is 20.0. The smallest absolute Gasteiger partial charge is 0.267 e. The number of nitrogens with zero attached hydrogens (tertiary/aromatic N) is 2. The first-order chi connectivity index (χ1) is 13.6. The van der Waals surface area contributed by atoms with Gasteiger partial charge in [0.25, 0.3) is 5.92 Å². The molecule has 0 aromatic carbocycles. The van der Waals surface area contributed by atoms with Gasteiger partial charge in [0.15, 0.2) is 0 Å². The number of aromatic nitrogens is 1. The van der Waals surface area contributed by atoms with E-state index in [1.54, 1.807) is 0 Å². The Kier molecular flexibility index (Phi) is 8.56. The highest BCUT2D eigenvalue weighted by atomic mass is 35.5. The van der Waals surface area contributed by atoms with Gasteiger partial charge in [-0.1, -0.05) is 45.5 Å². The van der Waals surface area contributed by atoms with Crippen LogP contribution in [0.25, 0.3) is 5.57 Å². The van der Waals surface area contributed by atoms with Crippen LogP contribution in [0.1, 0.15) is 57.9 Å². The average molecular weight is 438 g/mol. The van der Waals surface area contributed by atoms with Crippen LogP contribution >= 0.6 is 11.6 Å². The minimum absolute atomic E-state index is 0.0939. The Morgan fingerprint density at radius 1 is 1.27 bits per heavy atom. The van der Waals surface area contributed by atoms with Crippen LogP contribution in [-0.4, -0.2) is 35.1 Å². The maximum Gasteiger partial charge on any atom is 0.267 e. The first kappa shape index (κ1) is 26.0. The largest absolute Gasteiger partial charge is 0.367 e. The molecule has 0 aliphatic rings. The van der Waals surface area contributed by atoms with Crippen LogP contribution in [0.5, 0.6) is 0 Å². The Morgan fingerprint density at radius 3 is 2.27 bits per heavy atom. The summed E-state index contributed by atoms with van der Waals surface area (Å²) < 4.78 is 28.0. The van der Waals surface area contributed by atoms with Crippen LogP contribution < -0.4 is 0 Å². The Hall–Kier alpha value is -2.01. The maximum absolute atomic E-state index is 14.0. The first-order valence-electron chi connectivity index (χ1n) is 10.00. The Bertz CT molecular complexity index is 841. The number of hydrogen-bond acceptors (Lipinski definition) is 3. The molecule has 1 aromatic rings. The van der Waals surface area contributed by atoms with Crippen LogP contribution in [0.4, 0.5) is 8.78 Å². The topological polar surface area (TPSA) is 40.0 Å². The fraction of sp³-hybridized carbons (Fsp3) is 0.500. The molecule has 0 fully saturated rings. The SMILES string of the molecule is C=C(CN(CC(C)(C)CC)C(=C)/C(C=N)=C(/C)C(C)(F)F)c1c(C)cc(C)nc1Cl. The molecule has 0 saturated carbocycles. The van der Waals surface area contributed by atoms with Crippen LogP contribution in [0.2, 0.25) is 5.15 Å². The van der Waals surface area contributed by atoms with Gasteiger partial charge in [-0.05, 0) is 49.8 Å². The van der Waals surface area contributed by atoms with Gasteiger partial charge in [0.1, 0.15) is 5.15 Å². The zero-order chi connectivity index (χ0) is 23.4. The van der Waals surface area contributed by atoms with Crippen molar-refractivity contribution in [2.24, 2.45) is 5.41 Å². The molecule has 30 heavy (non-hydrogen) atoms. The van der Waals surface area contributed by atoms with Gasteiger partial charge in [-0.2, -0.15) is 0 Å². The standard InChI is InChI=1S/C24H34ClF2N3/c1-10-23(7,8)14-30(19(6)20(12-28)18(5)24(9,26)27)13-16(3)21-15(2)11-17(4)29-22(21)25/h11-12,28H,3,6,10,13-14H2,1-2,4-5,7-9H3/b20-18-,28-12?. The Labute approximate surface area is 185 Å². The third kappa shape index (κ3) is 6.49. The first-order valence-corrected chi connectivity index (χ1v) is 10.4. The van der Waals surface area contributed by atoms with E-state index >= 15 is 0 Å². The van der Waals surface area contributed by atoms with Crippen molar-refractivity contribution in [1.29, 1.82) is 5.41 Å². The van der Waals surface area contributed by atoms with E-state index < -0.39 is 5.92 Å². The van der Waals surface area contributed by atoms with Gasteiger partial charge in [0.05, 0.1) is 0 Å². The van der Waals surface area contributed by atoms with E-state index in [-0.39, 0.29) is 16.6 Å². The quantitative estimate of drug-likeness (QED) is 0.238. The summed E-state index contributed by atoms with van der Waals surface area (Å²) in [7, 11) is 0. The molecule has 1 N–H and O–H groups in total. The molecule has 0 spiro atoms. The fourth-order valence-corrected chi connectivity index (χ4v) is 3.63. The third-order valence-electron chi connectivity index (χ3n) is 5.51. The predicted molar refractivity (Wildman–Crippen MR) is 125 cm³/mol. The summed E-state index contributed by atoms with van der Waals surface area (Å²) in [6, 6.07) is 1.94. The van der Waals surface area contributed by atoms with Gasteiger partial charge in [-0.25, -0.2) is 13.8 Å². The number of alkyl halides is 2. The zero-order valence-electron chi connectivity index (χ0n) is 19.2. The van der Waals surface area contributed by atoms with E-state index in [1.807, 2.05) is 24.8 Å². The highest BCUT2D eigenvalue weighted by Crippen LogP contribution is 2.33. The lowest BCUT2D eigenvalue weighted by atomic mass is 9.88.